The van der Waals surface area contributed by atoms with Gasteiger partial charge in [-0.3, -0.25) is 0 Å². The summed E-state index contributed by atoms with van der Waals surface area (Å²) in [5.41, 5.74) is 3.98. The Balaban J connectivity index is 0. The second-order valence-corrected chi connectivity index (χ2v) is 13.9. The number of rotatable bonds is 31. The van der Waals surface area contributed by atoms with E-state index in [0.717, 1.165) is 0 Å². The number of hydrogen-bond acceptors (Lipinski definition) is 0. The van der Waals surface area contributed by atoms with Crippen LogP contribution in [0.2, 0.25) is 0 Å². The van der Waals surface area contributed by atoms with Crippen LogP contribution < -0.4 is 5.73 Å². The van der Waals surface area contributed by atoms with Gasteiger partial charge in [0.1, 0.15) is 0 Å². The Bertz CT molecular complexity index is 422. The van der Waals surface area contributed by atoms with Crippen LogP contribution in [-0.4, -0.2) is 5.50 Å². The summed E-state index contributed by atoms with van der Waals surface area (Å²) in [5.74, 6) is 1.22. The van der Waals surface area contributed by atoms with Crippen molar-refractivity contribution in [2.24, 2.45) is 11.8 Å². The van der Waals surface area contributed by atoms with Crippen LogP contribution in [0.5, 0.6) is 0 Å². The second-order valence-electron chi connectivity index (χ2n) is 13.4. The molecule has 1 nitrogen and oxygen atoms in total. The third-order valence-corrected chi connectivity index (χ3v) is 9.11. The molecule has 0 aromatic heterocycles. The molecule has 2 heteroatoms. The van der Waals surface area contributed by atoms with Gasteiger partial charge in [-0.1, -0.05) is 225 Å². The Morgan fingerprint density at radius 1 is 0.425 bits per heavy atom. The van der Waals surface area contributed by atoms with E-state index in [2.05, 4.69) is 40.4 Å². The van der Waals surface area contributed by atoms with Gasteiger partial charge in [0.25, 0.3) is 0 Å². The highest BCUT2D eigenvalue weighted by Crippen LogP contribution is 2.17. The quantitative estimate of drug-likeness (QED) is 0.0362. The maximum atomic E-state index is 5.98. The first-order valence-corrected chi connectivity index (χ1v) is 19.2. The molecular weight excluding hydrogens is 506 g/mol. The minimum absolute atomic E-state index is 0.0898. The van der Waals surface area contributed by atoms with Crippen molar-refractivity contribution in [3.63, 3.8) is 0 Å². The van der Waals surface area contributed by atoms with Gasteiger partial charge in [-0.25, -0.2) is 0 Å². The third kappa shape index (κ3) is 40.4. The second kappa shape index (κ2) is 37.3. The minimum Gasteiger partial charge on any atom is -0.342 e. The summed E-state index contributed by atoms with van der Waals surface area (Å²) in [6.07, 6.45) is 42.9. The summed E-state index contributed by atoms with van der Waals surface area (Å²) >= 11 is 5.98. The Morgan fingerprint density at radius 2 is 0.650 bits per heavy atom. The third-order valence-electron chi connectivity index (χ3n) is 8.68. The van der Waals surface area contributed by atoms with Gasteiger partial charge in [-0.05, 0) is 6.42 Å². The summed E-state index contributed by atoms with van der Waals surface area (Å²) in [4.78, 5) is 0. The van der Waals surface area contributed by atoms with Gasteiger partial charge >= 0.3 is 0 Å². The highest BCUT2D eigenvalue weighted by atomic mass is 35.5. The molecule has 0 aliphatic carbocycles. The van der Waals surface area contributed by atoms with Crippen LogP contribution in [0.25, 0.3) is 0 Å². The average molecular weight is 587 g/mol. The summed E-state index contributed by atoms with van der Waals surface area (Å²) in [6.45, 7) is 13.1. The normalized spacial score (nSPS) is 13.6. The Morgan fingerprint density at radius 3 is 0.875 bits per heavy atom. The molecule has 0 heterocycles. The molecule has 0 amide bonds. The Labute approximate surface area is 261 Å². The fourth-order valence-corrected chi connectivity index (χ4v) is 5.66. The lowest BCUT2D eigenvalue weighted by atomic mass is 10.0. The standard InChI is InChI=1S/C19H40ClN.C19H39/c1-3-4-5-6-7-8-9-10-11-12-13-14-15-16-17-18(2)19(20)21;1-4-5-6-7-8-9-10-11-12-13-14-15-16-17-18-19(2)3/h18-19H,3-17,21H2,1-2H3;19H,2,4-18H2,1,3H3/q;-1/p+1. The van der Waals surface area contributed by atoms with Crippen molar-refractivity contribution in [1.82, 2.24) is 0 Å². The lowest BCUT2D eigenvalue weighted by molar-refractivity contribution is -0.401. The predicted molar refractivity (Wildman–Crippen MR) is 186 cm³/mol. The fourth-order valence-electron chi connectivity index (χ4n) is 5.53. The number of hydrogen-bond donors (Lipinski definition) is 1. The Kier molecular flexibility index (Phi) is 39.5. The SMILES string of the molecule is CCCCCCCCCCCCCCCCC(C)C([NH3+])Cl.[CH2-]C(C)CCCCCCCCCCCCCCCC. The highest BCUT2D eigenvalue weighted by molar-refractivity contribution is 6.19. The van der Waals surface area contributed by atoms with E-state index in [0.29, 0.717) is 11.8 Å². The van der Waals surface area contributed by atoms with Crippen molar-refractivity contribution in [3.05, 3.63) is 6.92 Å². The maximum absolute atomic E-state index is 5.98. The van der Waals surface area contributed by atoms with E-state index in [4.69, 9.17) is 11.6 Å². The molecule has 0 spiro atoms. The topological polar surface area (TPSA) is 27.6 Å². The molecule has 0 saturated heterocycles. The van der Waals surface area contributed by atoms with Crippen molar-refractivity contribution in [3.8, 4) is 0 Å². The van der Waals surface area contributed by atoms with Crippen LogP contribution in [0.3, 0.4) is 0 Å². The van der Waals surface area contributed by atoms with Crippen LogP contribution in [0.1, 0.15) is 220 Å². The Hall–Kier alpha value is 0.250. The first-order chi connectivity index (χ1) is 19.5. The van der Waals surface area contributed by atoms with Gasteiger partial charge in [-0.15, -0.1) is 0 Å². The van der Waals surface area contributed by atoms with Crippen LogP contribution in [0.4, 0.5) is 0 Å². The molecular formula is C38H80ClN. The van der Waals surface area contributed by atoms with Gasteiger partial charge in [0.05, 0.1) is 0 Å². The van der Waals surface area contributed by atoms with Crippen molar-refractivity contribution in [2.45, 2.75) is 226 Å². The molecule has 0 saturated carbocycles. The molecule has 0 aliphatic heterocycles. The minimum atomic E-state index is 0.0898. The van der Waals surface area contributed by atoms with Crippen LogP contribution in [-0.2, 0) is 0 Å². The van der Waals surface area contributed by atoms with E-state index in [1.165, 1.54) is 193 Å². The molecule has 0 aromatic carbocycles. The monoisotopic (exact) mass is 586 g/mol. The van der Waals surface area contributed by atoms with E-state index >= 15 is 0 Å². The van der Waals surface area contributed by atoms with E-state index in [-0.39, 0.29) is 5.50 Å². The maximum Gasteiger partial charge on any atom is 0.162 e. The van der Waals surface area contributed by atoms with Crippen LogP contribution in [0, 0.1) is 18.8 Å². The molecule has 0 radical (unpaired) electrons. The number of alkyl halides is 1. The van der Waals surface area contributed by atoms with Gasteiger partial charge in [-0.2, -0.15) is 5.92 Å². The molecule has 0 bridgehead atoms. The van der Waals surface area contributed by atoms with E-state index in [1.807, 2.05) is 0 Å². The lowest BCUT2D eigenvalue weighted by Crippen LogP contribution is -2.60. The molecule has 0 fully saturated rings. The van der Waals surface area contributed by atoms with Crippen molar-refractivity contribution >= 4 is 11.6 Å². The highest BCUT2D eigenvalue weighted by Gasteiger charge is 2.11. The van der Waals surface area contributed by atoms with E-state index < -0.39 is 0 Å². The van der Waals surface area contributed by atoms with Crippen molar-refractivity contribution in [2.75, 3.05) is 0 Å². The molecule has 0 rings (SSSR count). The van der Waals surface area contributed by atoms with Gasteiger partial charge in [0.15, 0.2) is 5.50 Å². The first-order valence-electron chi connectivity index (χ1n) is 18.8. The summed E-state index contributed by atoms with van der Waals surface area (Å²) in [7, 11) is 0. The molecule has 0 aliphatic rings. The molecule has 3 N–H and O–H groups in total. The summed E-state index contributed by atoms with van der Waals surface area (Å²) in [5, 5.41) is 0. The first kappa shape index (κ1) is 42.4. The molecule has 3 unspecified atom stereocenters. The average Bonchev–Trinajstić information content (AvgIpc) is 2.93. The fraction of sp³-hybridized carbons (Fsp3) is 0.974. The summed E-state index contributed by atoms with van der Waals surface area (Å²) in [6, 6.07) is 0. The van der Waals surface area contributed by atoms with Crippen molar-refractivity contribution in [1.29, 1.82) is 0 Å². The number of unbranched alkanes of at least 4 members (excludes halogenated alkanes) is 26. The number of quaternary nitrogens is 1. The van der Waals surface area contributed by atoms with Gasteiger partial charge < -0.3 is 12.7 Å². The van der Waals surface area contributed by atoms with Crippen LogP contribution in [0.15, 0.2) is 0 Å². The van der Waals surface area contributed by atoms with Gasteiger partial charge in [0.2, 0.25) is 0 Å². The molecule has 244 valence electrons. The zero-order valence-electron chi connectivity index (χ0n) is 28.7. The molecule has 3 atom stereocenters. The lowest BCUT2D eigenvalue weighted by Gasteiger charge is -2.10. The summed E-state index contributed by atoms with van der Waals surface area (Å²) < 4.78 is 0. The molecule has 0 aromatic rings. The molecule has 40 heavy (non-hydrogen) atoms. The number of halogens is 1. The smallest absolute Gasteiger partial charge is 0.162 e. The zero-order valence-corrected chi connectivity index (χ0v) is 29.5. The van der Waals surface area contributed by atoms with E-state index in [9.17, 15) is 0 Å². The van der Waals surface area contributed by atoms with Gasteiger partial charge in [0, 0.05) is 5.92 Å². The predicted octanol–water partition coefficient (Wildman–Crippen LogP) is 13.6. The van der Waals surface area contributed by atoms with E-state index in [1.54, 1.807) is 0 Å². The largest absolute Gasteiger partial charge is 0.342 e. The van der Waals surface area contributed by atoms with Crippen LogP contribution >= 0.6 is 11.6 Å². The van der Waals surface area contributed by atoms with Crippen molar-refractivity contribution < 1.29 is 5.73 Å². The zero-order chi connectivity index (χ0) is 29.9.